The molecule has 2 rings (SSSR count). The Bertz CT molecular complexity index is 427. The molecule has 20 heavy (non-hydrogen) atoms. The minimum Gasteiger partial charge on any atom is -0.497 e. The van der Waals surface area contributed by atoms with Crippen molar-refractivity contribution < 1.29 is 9.53 Å². The molecule has 5 nitrogen and oxygen atoms in total. The Morgan fingerprint density at radius 3 is 2.75 bits per heavy atom. The number of carbonyl (C=O) groups is 1. The number of hydrogen-bond acceptors (Lipinski definition) is 4. The van der Waals surface area contributed by atoms with Gasteiger partial charge in [-0.25, -0.2) is 0 Å². The smallest absolute Gasteiger partial charge is 0.238 e. The highest BCUT2D eigenvalue weighted by molar-refractivity contribution is 5.92. The fourth-order valence-corrected chi connectivity index (χ4v) is 2.51. The minimum atomic E-state index is 0.0314. The monoisotopic (exact) mass is 277 g/mol. The molecule has 1 aliphatic rings. The van der Waals surface area contributed by atoms with Crippen molar-refractivity contribution in [2.75, 3.05) is 38.6 Å². The largest absolute Gasteiger partial charge is 0.497 e. The molecule has 1 aliphatic heterocycles. The fourth-order valence-electron chi connectivity index (χ4n) is 2.51. The second-order valence-electron chi connectivity index (χ2n) is 4.99. The van der Waals surface area contributed by atoms with Gasteiger partial charge in [0.25, 0.3) is 0 Å². The van der Waals surface area contributed by atoms with Gasteiger partial charge in [0.2, 0.25) is 5.91 Å². The third kappa shape index (κ3) is 3.95. The predicted molar refractivity (Wildman–Crippen MR) is 80.1 cm³/mol. The number of methoxy groups -OCH3 is 1. The molecular formula is C15H23N3O2. The first-order chi connectivity index (χ1) is 9.72. The van der Waals surface area contributed by atoms with Crippen LogP contribution in [0.25, 0.3) is 0 Å². The summed E-state index contributed by atoms with van der Waals surface area (Å²) in [7, 11) is 1.63. The van der Waals surface area contributed by atoms with E-state index in [1.807, 2.05) is 24.3 Å². The van der Waals surface area contributed by atoms with E-state index in [1.165, 1.54) is 0 Å². The number of carbonyl (C=O) groups excluding carboxylic acids is 1. The highest BCUT2D eigenvalue weighted by Crippen LogP contribution is 2.15. The van der Waals surface area contributed by atoms with E-state index in [0.717, 1.165) is 37.5 Å². The zero-order valence-corrected chi connectivity index (χ0v) is 12.2. The normalized spacial score (nSPS) is 18.2. The molecule has 0 aromatic heterocycles. The summed E-state index contributed by atoms with van der Waals surface area (Å²) < 4.78 is 5.10. The zero-order valence-electron chi connectivity index (χ0n) is 12.2. The predicted octanol–water partition coefficient (Wildman–Crippen LogP) is 1.32. The van der Waals surface area contributed by atoms with Crippen molar-refractivity contribution in [1.82, 2.24) is 10.2 Å². The molecule has 0 spiro atoms. The summed E-state index contributed by atoms with van der Waals surface area (Å²) in [6, 6.07) is 7.86. The highest BCUT2D eigenvalue weighted by atomic mass is 16.5. The van der Waals surface area contributed by atoms with E-state index in [2.05, 4.69) is 22.5 Å². The SMILES string of the molecule is CCN(CC(=O)Nc1ccc(OC)cc1)C1CCNC1. The summed E-state index contributed by atoms with van der Waals surface area (Å²) in [6.07, 6.45) is 1.11. The topological polar surface area (TPSA) is 53.6 Å². The summed E-state index contributed by atoms with van der Waals surface area (Å²) in [5.74, 6) is 0.819. The van der Waals surface area contributed by atoms with Crippen molar-refractivity contribution in [1.29, 1.82) is 0 Å². The Morgan fingerprint density at radius 2 is 2.20 bits per heavy atom. The van der Waals surface area contributed by atoms with E-state index >= 15 is 0 Å². The molecule has 0 aliphatic carbocycles. The number of amides is 1. The van der Waals surface area contributed by atoms with E-state index in [1.54, 1.807) is 7.11 Å². The van der Waals surface area contributed by atoms with Crippen molar-refractivity contribution >= 4 is 11.6 Å². The lowest BCUT2D eigenvalue weighted by Crippen LogP contribution is -2.41. The molecule has 2 N–H and O–H groups in total. The molecular weight excluding hydrogens is 254 g/mol. The molecule has 1 aromatic carbocycles. The second-order valence-corrected chi connectivity index (χ2v) is 4.99. The fraction of sp³-hybridized carbons (Fsp3) is 0.533. The second kappa shape index (κ2) is 7.26. The number of likely N-dealkylation sites (N-methyl/N-ethyl adjacent to an activating group) is 1. The lowest BCUT2D eigenvalue weighted by atomic mass is 10.2. The summed E-state index contributed by atoms with van der Waals surface area (Å²) in [6.45, 7) is 5.45. The molecule has 1 saturated heterocycles. The number of nitrogens with zero attached hydrogens (tertiary/aromatic N) is 1. The first-order valence-electron chi connectivity index (χ1n) is 7.11. The van der Waals surface area contributed by atoms with Crippen LogP contribution in [0.2, 0.25) is 0 Å². The molecule has 110 valence electrons. The van der Waals surface area contributed by atoms with Gasteiger partial charge < -0.3 is 15.4 Å². The van der Waals surface area contributed by atoms with Gasteiger partial charge in [-0.1, -0.05) is 6.92 Å². The number of nitrogens with one attached hydrogen (secondary N) is 2. The average molecular weight is 277 g/mol. The number of ether oxygens (including phenoxy) is 1. The summed E-state index contributed by atoms with van der Waals surface area (Å²) in [4.78, 5) is 14.3. The molecule has 1 heterocycles. The molecule has 1 unspecified atom stereocenters. The molecule has 1 amide bonds. The van der Waals surface area contributed by atoms with Crippen LogP contribution in [0.3, 0.4) is 0 Å². The van der Waals surface area contributed by atoms with Crippen LogP contribution in [0, 0.1) is 0 Å². The van der Waals surface area contributed by atoms with Gasteiger partial charge >= 0.3 is 0 Å². The van der Waals surface area contributed by atoms with Gasteiger partial charge in [0.1, 0.15) is 5.75 Å². The molecule has 5 heteroatoms. The summed E-state index contributed by atoms with van der Waals surface area (Å²) in [5, 5.41) is 6.26. The minimum absolute atomic E-state index is 0.0314. The van der Waals surface area contributed by atoms with Crippen LogP contribution in [-0.2, 0) is 4.79 Å². The maximum atomic E-state index is 12.1. The van der Waals surface area contributed by atoms with E-state index in [4.69, 9.17) is 4.74 Å². The van der Waals surface area contributed by atoms with Gasteiger partial charge in [0, 0.05) is 18.3 Å². The summed E-state index contributed by atoms with van der Waals surface area (Å²) >= 11 is 0. The number of anilines is 1. The van der Waals surface area contributed by atoms with E-state index < -0.39 is 0 Å². The molecule has 0 saturated carbocycles. The number of benzene rings is 1. The van der Waals surface area contributed by atoms with Crippen LogP contribution >= 0.6 is 0 Å². The average Bonchev–Trinajstić information content (AvgIpc) is 2.99. The zero-order chi connectivity index (χ0) is 14.4. The lowest BCUT2D eigenvalue weighted by molar-refractivity contribution is -0.117. The van der Waals surface area contributed by atoms with Crippen LogP contribution in [0.1, 0.15) is 13.3 Å². The van der Waals surface area contributed by atoms with Gasteiger partial charge in [-0.05, 0) is 43.8 Å². The third-order valence-electron chi connectivity index (χ3n) is 3.68. The Balaban J connectivity index is 1.86. The van der Waals surface area contributed by atoms with Gasteiger partial charge in [-0.2, -0.15) is 0 Å². The standard InChI is InChI=1S/C15H23N3O2/c1-3-18(13-8-9-16-10-13)11-15(19)17-12-4-6-14(20-2)7-5-12/h4-7,13,16H,3,8-11H2,1-2H3,(H,17,19). The Kier molecular flexibility index (Phi) is 5.38. The first-order valence-corrected chi connectivity index (χ1v) is 7.11. The van der Waals surface area contributed by atoms with Crippen molar-refractivity contribution in [2.24, 2.45) is 0 Å². The van der Waals surface area contributed by atoms with Crippen molar-refractivity contribution in [3.05, 3.63) is 24.3 Å². The van der Waals surface area contributed by atoms with Crippen LogP contribution in [-0.4, -0.2) is 50.1 Å². The highest BCUT2D eigenvalue weighted by Gasteiger charge is 2.22. The van der Waals surface area contributed by atoms with E-state index in [0.29, 0.717) is 12.6 Å². The maximum absolute atomic E-state index is 12.1. The Morgan fingerprint density at radius 1 is 1.45 bits per heavy atom. The van der Waals surface area contributed by atoms with Gasteiger partial charge in [-0.3, -0.25) is 9.69 Å². The Hall–Kier alpha value is -1.59. The van der Waals surface area contributed by atoms with Crippen molar-refractivity contribution in [3.8, 4) is 5.75 Å². The van der Waals surface area contributed by atoms with Crippen LogP contribution in [0.4, 0.5) is 5.69 Å². The van der Waals surface area contributed by atoms with Crippen molar-refractivity contribution in [2.45, 2.75) is 19.4 Å². The maximum Gasteiger partial charge on any atom is 0.238 e. The van der Waals surface area contributed by atoms with Crippen LogP contribution in [0.15, 0.2) is 24.3 Å². The molecule has 1 aromatic rings. The molecule has 1 atom stereocenters. The van der Waals surface area contributed by atoms with Crippen LogP contribution < -0.4 is 15.4 Å². The third-order valence-corrected chi connectivity index (χ3v) is 3.68. The van der Waals surface area contributed by atoms with Crippen LogP contribution in [0.5, 0.6) is 5.75 Å². The first kappa shape index (κ1) is 14.8. The lowest BCUT2D eigenvalue weighted by Gasteiger charge is -2.26. The number of hydrogen-bond donors (Lipinski definition) is 2. The van der Waals surface area contributed by atoms with Gasteiger partial charge in [0.05, 0.1) is 13.7 Å². The van der Waals surface area contributed by atoms with Gasteiger partial charge in [-0.15, -0.1) is 0 Å². The molecule has 0 bridgehead atoms. The quantitative estimate of drug-likeness (QED) is 0.823. The summed E-state index contributed by atoms with van der Waals surface area (Å²) in [5.41, 5.74) is 0.802. The van der Waals surface area contributed by atoms with Gasteiger partial charge in [0.15, 0.2) is 0 Å². The molecule has 1 fully saturated rings. The van der Waals surface area contributed by atoms with E-state index in [9.17, 15) is 4.79 Å². The molecule has 0 radical (unpaired) electrons. The Labute approximate surface area is 120 Å². The number of rotatable bonds is 6. The van der Waals surface area contributed by atoms with Crippen molar-refractivity contribution in [3.63, 3.8) is 0 Å². The van der Waals surface area contributed by atoms with E-state index in [-0.39, 0.29) is 5.91 Å².